The summed E-state index contributed by atoms with van der Waals surface area (Å²) in [5.74, 6) is 0.153. The number of carbonyl (C=O) groups is 3. The molecule has 1 aromatic carbocycles. The molecule has 1 unspecified atom stereocenters. The van der Waals surface area contributed by atoms with Gasteiger partial charge in [-0.2, -0.15) is 15.2 Å². The minimum absolute atomic E-state index is 0.0216. The van der Waals surface area contributed by atoms with Crippen molar-refractivity contribution in [2.75, 3.05) is 48.8 Å². The van der Waals surface area contributed by atoms with E-state index in [4.69, 9.17) is 4.74 Å². The van der Waals surface area contributed by atoms with Crippen LogP contribution in [0.5, 0.6) is 0 Å². The van der Waals surface area contributed by atoms with Crippen molar-refractivity contribution in [2.24, 2.45) is 0 Å². The van der Waals surface area contributed by atoms with Crippen molar-refractivity contribution in [1.29, 1.82) is 5.26 Å². The second-order valence-electron chi connectivity index (χ2n) is 8.91. The molecular formula is C24H27N7O7S. The number of ether oxygens (including phenoxy) is 1. The molecule has 2 N–H and O–H groups in total. The van der Waals surface area contributed by atoms with Crippen molar-refractivity contribution in [1.82, 2.24) is 19.8 Å². The molecule has 3 amide bonds. The molecule has 39 heavy (non-hydrogen) atoms. The standard InChI is InChI=1S/C24H27N7O7S/c1-39(37)21-26-18-14-29(22(32)33)10-12-31(23(34)35)19(18)20(27-21)28-9-11-30(17(13-28)7-8-25)24(36)38-15-16-5-3-2-4-6-16/h2-6,17H,7,9-15H2,1H3,(H,32,33)(H,34,35)/t17-,39?/m0/s1. The molecule has 15 heteroatoms. The Morgan fingerprint density at radius 2 is 1.87 bits per heavy atom. The Morgan fingerprint density at radius 3 is 2.51 bits per heavy atom. The van der Waals surface area contributed by atoms with E-state index in [2.05, 4.69) is 16.0 Å². The number of aromatic nitrogens is 2. The summed E-state index contributed by atoms with van der Waals surface area (Å²) in [5.41, 5.74) is 1.01. The minimum atomic E-state index is -1.66. The van der Waals surface area contributed by atoms with Gasteiger partial charge in [0, 0.05) is 43.9 Å². The van der Waals surface area contributed by atoms with Crippen molar-refractivity contribution < 1.29 is 33.9 Å². The van der Waals surface area contributed by atoms with Crippen molar-refractivity contribution in [3.8, 4) is 6.07 Å². The summed E-state index contributed by atoms with van der Waals surface area (Å²) < 4.78 is 17.8. The van der Waals surface area contributed by atoms with Gasteiger partial charge in [0.1, 0.15) is 18.6 Å². The van der Waals surface area contributed by atoms with Crippen molar-refractivity contribution >= 4 is 41.0 Å². The SMILES string of the molecule is C[S+]([O-])c1nc2c(c(N3CCN(C(=O)OCc4ccccc4)[C@@H](CC#N)C3)n1)N(C(=O)O)CCN(C(=O)O)C2. The van der Waals surface area contributed by atoms with E-state index in [0.29, 0.717) is 0 Å². The number of amides is 3. The maximum absolute atomic E-state index is 12.9. The molecule has 2 aliphatic heterocycles. The molecule has 4 rings (SSSR count). The van der Waals surface area contributed by atoms with E-state index in [1.54, 1.807) is 4.90 Å². The number of benzene rings is 1. The number of rotatable bonds is 5. The highest BCUT2D eigenvalue weighted by atomic mass is 32.2. The third-order valence-electron chi connectivity index (χ3n) is 6.43. The van der Waals surface area contributed by atoms with Gasteiger partial charge in [-0.05, 0) is 5.56 Å². The number of carbonyl (C=O) groups excluding carboxylic acids is 1. The van der Waals surface area contributed by atoms with Crippen LogP contribution >= 0.6 is 0 Å². The van der Waals surface area contributed by atoms with E-state index in [1.807, 2.05) is 30.3 Å². The van der Waals surface area contributed by atoms with Crippen molar-refractivity contribution in [2.45, 2.75) is 30.8 Å². The zero-order valence-electron chi connectivity index (χ0n) is 21.1. The fourth-order valence-electron chi connectivity index (χ4n) is 4.52. The van der Waals surface area contributed by atoms with Crippen molar-refractivity contribution in [3.63, 3.8) is 0 Å². The fraction of sp³-hybridized carbons (Fsp3) is 0.417. The lowest BCUT2D eigenvalue weighted by Crippen LogP contribution is -2.56. The van der Waals surface area contributed by atoms with Crippen LogP contribution in [0.25, 0.3) is 0 Å². The Hall–Kier alpha value is -4.29. The number of carboxylic acid groups (broad SMARTS) is 2. The van der Waals surface area contributed by atoms with Crippen LogP contribution in [0, 0.1) is 11.3 Å². The maximum Gasteiger partial charge on any atom is 0.412 e. The number of piperazine rings is 1. The van der Waals surface area contributed by atoms with Gasteiger partial charge in [0.25, 0.3) is 0 Å². The van der Waals surface area contributed by atoms with Gasteiger partial charge in [-0.1, -0.05) is 30.3 Å². The summed E-state index contributed by atoms with van der Waals surface area (Å²) >= 11 is -1.66. The van der Waals surface area contributed by atoms with E-state index in [9.17, 15) is 34.4 Å². The van der Waals surface area contributed by atoms with Gasteiger partial charge in [0.05, 0.1) is 30.8 Å². The molecule has 3 heterocycles. The summed E-state index contributed by atoms with van der Waals surface area (Å²) in [4.78, 5) is 50.7. The molecule has 0 radical (unpaired) electrons. The first-order valence-electron chi connectivity index (χ1n) is 12.0. The second kappa shape index (κ2) is 12.0. The number of hydrogen-bond acceptors (Lipinski definition) is 9. The zero-order valence-corrected chi connectivity index (χ0v) is 21.9. The maximum atomic E-state index is 12.9. The first kappa shape index (κ1) is 27.7. The third kappa shape index (κ3) is 6.24. The zero-order chi connectivity index (χ0) is 28.1. The number of nitriles is 1. The molecular weight excluding hydrogens is 530 g/mol. The highest BCUT2D eigenvalue weighted by Gasteiger charge is 2.38. The predicted molar refractivity (Wildman–Crippen MR) is 138 cm³/mol. The van der Waals surface area contributed by atoms with Gasteiger partial charge in [0.2, 0.25) is 0 Å². The van der Waals surface area contributed by atoms with E-state index < -0.39 is 35.5 Å². The molecule has 0 aliphatic carbocycles. The number of anilines is 2. The lowest BCUT2D eigenvalue weighted by Gasteiger charge is -2.41. The molecule has 1 aromatic heterocycles. The Morgan fingerprint density at radius 1 is 1.13 bits per heavy atom. The number of fused-ring (bicyclic) bond motifs is 1. The highest BCUT2D eigenvalue weighted by Crippen LogP contribution is 2.36. The van der Waals surface area contributed by atoms with E-state index in [-0.39, 0.29) is 74.7 Å². The van der Waals surface area contributed by atoms with Crippen LogP contribution < -0.4 is 9.80 Å². The van der Waals surface area contributed by atoms with Crippen LogP contribution in [0.4, 0.5) is 25.9 Å². The van der Waals surface area contributed by atoms with Crippen LogP contribution in [0.2, 0.25) is 0 Å². The highest BCUT2D eigenvalue weighted by molar-refractivity contribution is 7.90. The third-order valence-corrected chi connectivity index (χ3v) is 7.13. The number of nitrogens with zero attached hydrogens (tertiary/aromatic N) is 7. The largest absolute Gasteiger partial charge is 0.609 e. The molecule has 1 saturated heterocycles. The van der Waals surface area contributed by atoms with Crippen molar-refractivity contribution in [3.05, 3.63) is 41.6 Å². The van der Waals surface area contributed by atoms with E-state index >= 15 is 0 Å². The monoisotopic (exact) mass is 557 g/mol. The lowest BCUT2D eigenvalue weighted by atomic mass is 10.1. The van der Waals surface area contributed by atoms with E-state index in [1.165, 1.54) is 11.2 Å². The molecule has 0 spiro atoms. The molecule has 2 aromatic rings. The van der Waals surface area contributed by atoms with Crippen LogP contribution in [0.3, 0.4) is 0 Å². The van der Waals surface area contributed by atoms with Gasteiger partial charge in [0.15, 0.2) is 5.82 Å². The molecule has 1 fully saturated rings. The lowest BCUT2D eigenvalue weighted by molar-refractivity contribution is 0.0768. The average Bonchev–Trinajstić information content (AvgIpc) is 3.12. The minimum Gasteiger partial charge on any atom is -0.609 e. The van der Waals surface area contributed by atoms with Gasteiger partial charge < -0.3 is 34.2 Å². The molecule has 0 bridgehead atoms. The van der Waals surface area contributed by atoms with Crippen LogP contribution in [0.15, 0.2) is 35.5 Å². The van der Waals surface area contributed by atoms with Crippen LogP contribution in [-0.4, -0.2) is 97.8 Å². The Labute approximate surface area is 227 Å². The van der Waals surface area contributed by atoms with Crippen LogP contribution in [-0.2, 0) is 29.1 Å². The van der Waals surface area contributed by atoms with E-state index in [0.717, 1.165) is 15.4 Å². The van der Waals surface area contributed by atoms with Gasteiger partial charge in [-0.3, -0.25) is 4.90 Å². The summed E-state index contributed by atoms with van der Waals surface area (Å²) in [5, 5.41) is 28.9. The summed E-state index contributed by atoms with van der Waals surface area (Å²) in [7, 11) is 0. The molecule has 0 saturated carbocycles. The smallest absolute Gasteiger partial charge is 0.412 e. The van der Waals surface area contributed by atoms with Crippen LogP contribution in [0.1, 0.15) is 17.7 Å². The predicted octanol–water partition coefficient (Wildman–Crippen LogP) is 1.93. The Bertz CT molecular complexity index is 1270. The average molecular weight is 558 g/mol. The summed E-state index contributed by atoms with van der Waals surface area (Å²) in [6.07, 6.45) is -1.81. The quantitative estimate of drug-likeness (QED) is 0.404. The fourth-order valence-corrected chi connectivity index (χ4v) is 4.97. The summed E-state index contributed by atoms with van der Waals surface area (Å²) in [6.45, 7) is 0.0607. The summed E-state index contributed by atoms with van der Waals surface area (Å²) in [6, 6.07) is 10.6. The molecule has 2 atom stereocenters. The van der Waals surface area contributed by atoms with Gasteiger partial charge in [-0.25, -0.2) is 14.4 Å². The molecule has 14 nitrogen and oxygen atoms in total. The Balaban J connectivity index is 1.65. The molecule has 206 valence electrons. The first-order chi connectivity index (χ1) is 18.7. The van der Waals surface area contributed by atoms with Gasteiger partial charge >= 0.3 is 23.4 Å². The number of hydrogen-bond donors (Lipinski definition) is 2. The second-order valence-corrected chi connectivity index (χ2v) is 10.2. The first-order valence-corrected chi connectivity index (χ1v) is 13.6. The molecule has 2 aliphatic rings. The topological polar surface area (TPSA) is 186 Å². The van der Waals surface area contributed by atoms with Gasteiger partial charge in [-0.15, -0.1) is 0 Å². The Kier molecular flexibility index (Phi) is 8.57. The normalized spacial score (nSPS) is 18.0.